The van der Waals surface area contributed by atoms with E-state index in [0.29, 0.717) is 6.04 Å². The summed E-state index contributed by atoms with van der Waals surface area (Å²) in [5.74, 6) is 0. The minimum atomic E-state index is 0.433. The molecular weight excluding hydrogens is 304 g/mol. The van der Waals surface area contributed by atoms with Crippen LogP contribution in [0.15, 0.2) is 17.8 Å². The summed E-state index contributed by atoms with van der Waals surface area (Å²) < 4.78 is 1.88. The Balaban J connectivity index is 1.54. The van der Waals surface area contributed by atoms with E-state index in [1.165, 1.54) is 0 Å². The lowest BCUT2D eigenvalue weighted by atomic mass is 10.2. The van der Waals surface area contributed by atoms with Gasteiger partial charge in [0, 0.05) is 37.3 Å². The first kappa shape index (κ1) is 13.0. The van der Waals surface area contributed by atoms with Gasteiger partial charge in [-0.15, -0.1) is 16.4 Å². The molecule has 1 atom stereocenters. The highest BCUT2D eigenvalue weighted by Crippen LogP contribution is 2.28. The zero-order valence-electron chi connectivity index (χ0n) is 11.9. The molecule has 4 rings (SSSR count). The molecule has 0 aromatic carbocycles. The van der Waals surface area contributed by atoms with Crippen LogP contribution in [0.2, 0.25) is 0 Å². The Bertz CT molecular complexity index is 714. The minimum absolute atomic E-state index is 0.433. The molecular formula is C13H16N6S2. The van der Waals surface area contributed by atoms with Crippen LogP contribution in [0.5, 0.6) is 0 Å². The van der Waals surface area contributed by atoms with E-state index in [-0.39, 0.29) is 0 Å². The second-order valence-corrected chi connectivity index (χ2v) is 7.10. The third kappa shape index (κ3) is 2.28. The molecule has 0 spiro atoms. The monoisotopic (exact) mass is 320 g/mol. The van der Waals surface area contributed by atoms with Gasteiger partial charge in [0.2, 0.25) is 10.1 Å². The zero-order valence-corrected chi connectivity index (χ0v) is 13.6. The highest BCUT2D eigenvalue weighted by Gasteiger charge is 2.27. The predicted molar refractivity (Wildman–Crippen MR) is 86.7 cm³/mol. The number of nitrogens with zero attached hydrogens (tertiary/aromatic N) is 6. The molecule has 4 heterocycles. The molecule has 1 fully saturated rings. The lowest BCUT2D eigenvalue weighted by Gasteiger charge is -2.39. The van der Waals surface area contributed by atoms with Gasteiger partial charge in [0.15, 0.2) is 5.13 Å². The molecule has 6 nitrogen and oxygen atoms in total. The Morgan fingerprint density at radius 3 is 2.90 bits per heavy atom. The molecule has 1 saturated heterocycles. The molecule has 0 amide bonds. The zero-order chi connectivity index (χ0) is 14.4. The van der Waals surface area contributed by atoms with Crippen molar-refractivity contribution < 1.29 is 0 Å². The van der Waals surface area contributed by atoms with E-state index in [1.54, 1.807) is 22.7 Å². The van der Waals surface area contributed by atoms with Crippen LogP contribution in [0.4, 0.5) is 10.3 Å². The molecule has 21 heavy (non-hydrogen) atoms. The van der Waals surface area contributed by atoms with E-state index in [0.717, 1.165) is 40.6 Å². The summed E-state index contributed by atoms with van der Waals surface area (Å²) in [6, 6.07) is 0.433. The first-order chi connectivity index (χ1) is 10.2. The van der Waals surface area contributed by atoms with Gasteiger partial charge in [-0.2, -0.15) is 0 Å². The molecule has 8 heteroatoms. The van der Waals surface area contributed by atoms with Gasteiger partial charge in [0.05, 0.1) is 11.9 Å². The number of hydrogen-bond donors (Lipinski definition) is 0. The van der Waals surface area contributed by atoms with E-state index in [4.69, 9.17) is 0 Å². The summed E-state index contributed by atoms with van der Waals surface area (Å²) in [5.41, 5.74) is 1.02. The standard InChI is InChI=1S/C13H16N6S2/c1-9-7-19-12(15-9)21-13(16-19)17-4-5-18(10(2)8-17)11-14-3-6-20-11/h3,6-7,10H,4-5,8H2,1-2H3. The van der Waals surface area contributed by atoms with Crippen LogP contribution in [0, 0.1) is 6.92 Å². The number of fused-ring (bicyclic) bond motifs is 1. The van der Waals surface area contributed by atoms with Crippen LogP contribution < -0.4 is 9.80 Å². The van der Waals surface area contributed by atoms with Crippen molar-refractivity contribution in [1.82, 2.24) is 19.6 Å². The normalized spacial score (nSPS) is 19.6. The van der Waals surface area contributed by atoms with Crippen molar-refractivity contribution in [2.75, 3.05) is 29.4 Å². The van der Waals surface area contributed by atoms with E-state index in [9.17, 15) is 0 Å². The third-order valence-electron chi connectivity index (χ3n) is 3.72. The van der Waals surface area contributed by atoms with Crippen molar-refractivity contribution in [2.45, 2.75) is 19.9 Å². The SMILES string of the molecule is Cc1cn2nc(N3CCN(c4nccs4)C(C)C3)sc2n1. The van der Waals surface area contributed by atoms with Gasteiger partial charge in [-0.1, -0.05) is 11.3 Å². The maximum atomic E-state index is 4.65. The highest BCUT2D eigenvalue weighted by atomic mass is 32.1. The number of aryl methyl sites for hydroxylation is 1. The lowest BCUT2D eigenvalue weighted by Crippen LogP contribution is -2.52. The van der Waals surface area contributed by atoms with E-state index in [2.05, 4.69) is 31.8 Å². The first-order valence-corrected chi connectivity index (χ1v) is 8.64. The molecule has 3 aromatic rings. The summed E-state index contributed by atoms with van der Waals surface area (Å²) in [5, 5.41) is 8.86. The molecule has 3 aromatic heterocycles. The van der Waals surface area contributed by atoms with Crippen LogP contribution in [0.1, 0.15) is 12.6 Å². The number of anilines is 2. The fourth-order valence-corrected chi connectivity index (χ4v) is 4.44. The van der Waals surface area contributed by atoms with Gasteiger partial charge in [0.25, 0.3) is 0 Å². The smallest absolute Gasteiger partial charge is 0.214 e. The van der Waals surface area contributed by atoms with Crippen LogP contribution >= 0.6 is 22.7 Å². The second kappa shape index (κ2) is 4.96. The van der Waals surface area contributed by atoms with Crippen molar-refractivity contribution in [3.8, 4) is 0 Å². The van der Waals surface area contributed by atoms with Crippen molar-refractivity contribution in [1.29, 1.82) is 0 Å². The predicted octanol–water partition coefficient (Wildman–Crippen LogP) is 2.27. The molecule has 1 aliphatic heterocycles. The summed E-state index contributed by atoms with van der Waals surface area (Å²) in [4.78, 5) is 14.6. The molecule has 1 aliphatic rings. The first-order valence-electron chi connectivity index (χ1n) is 6.94. The quantitative estimate of drug-likeness (QED) is 0.725. The van der Waals surface area contributed by atoms with Crippen LogP contribution in [-0.2, 0) is 0 Å². The molecule has 0 saturated carbocycles. The van der Waals surface area contributed by atoms with Gasteiger partial charge in [-0.05, 0) is 13.8 Å². The molecule has 0 aliphatic carbocycles. The summed E-state index contributed by atoms with van der Waals surface area (Å²) >= 11 is 3.37. The van der Waals surface area contributed by atoms with E-state index in [1.807, 2.05) is 29.2 Å². The van der Waals surface area contributed by atoms with Crippen LogP contribution in [0.25, 0.3) is 4.96 Å². The summed E-state index contributed by atoms with van der Waals surface area (Å²) in [6.07, 6.45) is 3.85. The van der Waals surface area contributed by atoms with Gasteiger partial charge < -0.3 is 9.80 Å². The number of aromatic nitrogens is 4. The van der Waals surface area contributed by atoms with Gasteiger partial charge in [0.1, 0.15) is 0 Å². The summed E-state index contributed by atoms with van der Waals surface area (Å²) in [6.45, 7) is 7.16. The Labute approximate surface area is 130 Å². The number of rotatable bonds is 2. The summed E-state index contributed by atoms with van der Waals surface area (Å²) in [7, 11) is 0. The lowest BCUT2D eigenvalue weighted by molar-refractivity contribution is 0.547. The van der Waals surface area contributed by atoms with Crippen molar-refractivity contribution in [3.63, 3.8) is 0 Å². The average Bonchev–Trinajstić information content (AvgIpc) is 3.13. The molecule has 0 N–H and O–H groups in total. The molecule has 0 radical (unpaired) electrons. The number of imidazole rings is 1. The van der Waals surface area contributed by atoms with Crippen LogP contribution in [-0.4, -0.2) is 45.3 Å². The number of hydrogen-bond acceptors (Lipinski definition) is 7. The Morgan fingerprint density at radius 2 is 2.19 bits per heavy atom. The van der Waals surface area contributed by atoms with Crippen molar-refractivity contribution in [3.05, 3.63) is 23.5 Å². The van der Waals surface area contributed by atoms with Crippen molar-refractivity contribution in [2.24, 2.45) is 0 Å². The topological polar surface area (TPSA) is 49.6 Å². The van der Waals surface area contributed by atoms with Crippen molar-refractivity contribution >= 4 is 37.9 Å². The second-order valence-electron chi connectivity index (χ2n) is 5.30. The Morgan fingerprint density at radius 1 is 1.29 bits per heavy atom. The fraction of sp³-hybridized carbons (Fsp3) is 0.462. The van der Waals surface area contributed by atoms with Crippen LogP contribution in [0.3, 0.4) is 0 Å². The maximum absolute atomic E-state index is 4.65. The number of thiazole rings is 1. The van der Waals surface area contributed by atoms with Gasteiger partial charge in [-0.25, -0.2) is 14.5 Å². The Kier molecular flexibility index (Phi) is 3.07. The largest absolute Gasteiger partial charge is 0.343 e. The average molecular weight is 320 g/mol. The third-order valence-corrected chi connectivity index (χ3v) is 5.51. The highest BCUT2D eigenvalue weighted by molar-refractivity contribution is 7.20. The maximum Gasteiger partial charge on any atom is 0.214 e. The van der Waals surface area contributed by atoms with Gasteiger partial charge >= 0.3 is 0 Å². The minimum Gasteiger partial charge on any atom is -0.343 e. The fourth-order valence-electron chi connectivity index (χ4n) is 2.70. The Hall–Kier alpha value is -1.67. The van der Waals surface area contributed by atoms with E-state index < -0.39 is 0 Å². The molecule has 1 unspecified atom stereocenters. The van der Waals surface area contributed by atoms with E-state index >= 15 is 0 Å². The molecule has 0 bridgehead atoms. The molecule has 110 valence electrons. The number of piperazine rings is 1. The van der Waals surface area contributed by atoms with Gasteiger partial charge in [-0.3, -0.25) is 0 Å².